The molecule has 2 aliphatic rings. The standard InChI is InChI=1S/C25H24F3N3O3S/c1-14-10-15(25(26,27)28)11-19(23(14)34-16-4-7-29-8-5-16)18-6-9-30-20-12-17(35-24(18)20)13-31-21(32)2-3-22(31)33/h6,9-12,16,29H,2-5,7-8,13H2,1H3. The van der Waals surface area contributed by atoms with E-state index in [2.05, 4.69) is 10.3 Å². The first kappa shape index (κ1) is 23.7. The van der Waals surface area contributed by atoms with Crippen LogP contribution >= 0.6 is 11.3 Å². The maximum Gasteiger partial charge on any atom is 0.416 e. The number of piperidine rings is 1. The summed E-state index contributed by atoms with van der Waals surface area (Å²) >= 11 is 1.33. The molecule has 2 amide bonds. The fraction of sp³-hybridized carbons (Fsp3) is 0.400. The largest absolute Gasteiger partial charge is 0.489 e. The van der Waals surface area contributed by atoms with Crippen LogP contribution in [0.15, 0.2) is 30.5 Å². The van der Waals surface area contributed by atoms with E-state index in [1.807, 2.05) is 0 Å². The molecule has 2 fully saturated rings. The van der Waals surface area contributed by atoms with Gasteiger partial charge in [0, 0.05) is 35.0 Å². The van der Waals surface area contributed by atoms with Crippen molar-refractivity contribution < 1.29 is 27.5 Å². The number of amides is 2. The molecule has 5 rings (SSSR count). The van der Waals surface area contributed by atoms with Crippen LogP contribution in [-0.2, 0) is 22.3 Å². The summed E-state index contributed by atoms with van der Waals surface area (Å²) in [6, 6.07) is 5.75. The van der Waals surface area contributed by atoms with Crippen LogP contribution in [0.5, 0.6) is 5.75 Å². The van der Waals surface area contributed by atoms with Gasteiger partial charge in [-0.3, -0.25) is 19.5 Å². The SMILES string of the molecule is Cc1cc(C(F)(F)F)cc(-c2ccnc3cc(CN4C(=O)CCC4=O)sc23)c1OC1CCNCC1. The predicted octanol–water partition coefficient (Wildman–Crippen LogP) is 5.07. The lowest BCUT2D eigenvalue weighted by molar-refractivity contribution is -0.139. The van der Waals surface area contributed by atoms with Crippen LogP contribution in [0, 0.1) is 6.92 Å². The van der Waals surface area contributed by atoms with Crippen LogP contribution in [-0.4, -0.2) is 40.9 Å². The third-order valence-electron chi connectivity index (χ3n) is 6.39. The Hall–Kier alpha value is -2.98. The maximum atomic E-state index is 13.7. The number of ether oxygens (including phenoxy) is 1. The Morgan fingerprint density at radius 1 is 1.11 bits per heavy atom. The normalized spacial score (nSPS) is 17.5. The van der Waals surface area contributed by atoms with Crippen molar-refractivity contribution in [3.05, 3.63) is 46.5 Å². The van der Waals surface area contributed by atoms with Crippen molar-refractivity contribution in [2.24, 2.45) is 0 Å². The van der Waals surface area contributed by atoms with Crippen LogP contribution in [0.2, 0.25) is 0 Å². The average Bonchev–Trinajstić information content (AvgIpc) is 3.38. The molecule has 10 heteroatoms. The van der Waals surface area contributed by atoms with Gasteiger partial charge in [0.05, 0.1) is 22.3 Å². The number of hydrogen-bond acceptors (Lipinski definition) is 6. The van der Waals surface area contributed by atoms with Gasteiger partial charge in [-0.15, -0.1) is 11.3 Å². The number of benzene rings is 1. The highest BCUT2D eigenvalue weighted by atomic mass is 32.1. The minimum atomic E-state index is -4.50. The van der Waals surface area contributed by atoms with Crippen LogP contribution in [0.3, 0.4) is 0 Å². The molecule has 0 spiro atoms. The van der Waals surface area contributed by atoms with E-state index in [9.17, 15) is 22.8 Å². The highest BCUT2D eigenvalue weighted by Gasteiger charge is 2.33. The number of alkyl halides is 3. The van der Waals surface area contributed by atoms with Crippen LogP contribution in [0.1, 0.15) is 41.7 Å². The quantitative estimate of drug-likeness (QED) is 0.493. The number of likely N-dealkylation sites (tertiary alicyclic amines) is 1. The molecule has 6 nitrogen and oxygen atoms in total. The zero-order valence-corrected chi connectivity index (χ0v) is 19.9. The number of rotatable bonds is 5. The van der Waals surface area contributed by atoms with Gasteiger partial charge in [-0.25, -0.2) is 0 Å². The van der Waals surface area contributed by atoms with E-state index in [1.54, 1.807) is 25.3 Å². The van der Waals surface area contributed by atoms with E-state index in [1.165, 1.54) is 16.2 Å². The number of carbonyl (C=O) groups is 2. The van der Waals surface area contributed by atoms with Gasteiger partial charge >= 0.3 is 6.18 Å². The molecule has 1 N–H and O–H groups in total. The molecule has 184 valence electrons. The van der Waals surface area contributed by atoms with Crippen molar-refractivity contribution in [3.8, 4) is 16.9 Å². The molecule has 4 heterocycles. The Morgan fingerprint density at radius 2 is 1.83 bits per heavy atom. The Morgan fingerprint density at radius 3 is 2.51 bits per heavy atom. The van der Waals surface area contributed by atoms with Crippen LogP contribution in [0.25, 0.3) is 21.3 Å². The molecule has 2 aliphatic heterocycles. The number of hydrogen-bond donors (Lipinski definition) is 1. The summed E-state index contributed by atoms with van der Waals surface area (Å²) in [4.78, 5) is 30.5. The molecular weight excluding hydrogens is 479 g/mol. The summed E-state index contributed by atoms with van der Waals surface area (Å²) in [6.07, 6.45) is -1.09. The first-order valence-electron chi connectivity index (χ1n) is 11.5. The number of thiophene rings is 1. The Balaban J connectivity index is 1.60. The maximum absolute atomic E-state index is 13.7. The van der Waals surface area contributed by atoms with Gasteiger partial charge in [0.25, 0.3) is 0 Å². The third kappa shape index (κ3) is 4.77. The van der Waals surface area contributed by atoms with Gasteiger partial charge in [0.15, 0.2) is 0 Å². The number of nitrogens with zero attached hydrogens (tertiary/aromatic N) is 2. The smallest absolute Gasteiger partial charge is 0.416 e. The van der Waals surface area contributed by atoms with Crippen molar-refractivity contribution in [2.45, 2.75) is 51.4 Å². The van der Waals surface area contributed by atoms with Gasteiger partial charge in [-0.1, -0.05) is 0 Å². The molecule has 0 radical (unpaired) electrons. The fourth-order valence-electron chi connectivity index (χ4n) is 4.61. The van der Waals surface area contributed by atoms with Gasteiger partial charge in [-0.2, -0.15) is 13.2 Å². The minimum absolute atomic E-state index is 0.0890. The van der Waals surface area contributed by atoms with E-state index in [0.29, 0.717) is 32.7 Å². The monoisotopic (exact) mass is 503 g/mol. The molecule has 1 aromatic carbocycles. The lowest BCUT2D eigenvalue weighted by Gasteiger charge is -2.27. The van der Waals surface area contributed by atoms with Crippen molar-refractivity contribution in [2.75, 3.05) is 13.1 Å². The van der Waals surface area contributed by atoms with Crippen molar-refractivity contribution in [1.82, 2.24) is 15.2 Å². The van der Waals surface area contributed by atoms with Gasteiger partial charge in [0.1, 0.15) is 11.9 Å². The van der Waals surface area contributed by atoms with Crippen molar-refractivity contribution >= 4 is 33.4 Å². The fourth-order valence-corrected chi connectivity index (χ4v) is 5.74. The van der Waals surface area contributed by atoms with Crippen LogP contribution in [0.4, 0.5) is 13.2 Å². The molecular formula is C25H24F3N3O3S. The van der Waals surface area contributed by atoms with E-state index < -0.39 is 11.7 Å². The zero-order valence-electron chi connectivity index (χ0n) is 19.1. The second-order valence-electron chi connectivity index (χ2n) is 8.89. The summed E-state index contributed by atoms with van der Waals surface area (Å²) in [6.45, 7) is 3.36. The molecule has 0 unspecified atom stereocenters. The molecule has 0 atom stereocenters. The number of pyridine rings is 1. The molecule has 0 saturated carbocycles. The lowest BCUT2D eigenvalue weighted by Crippen LogP contribution is -2.34. The summed E-state index contributed by atoms with van der Waals surface area (Å²) in [5, 5.41) is 3.27. The minimum Gasteiger partial charge on any atom is -0.489 e. The van der Waals surface area contributed by atoms with Gasteiger partial charge in [0.2, 0.25) is 11.8 Å². The van der Waals surface area contributed by atoms with E-state index in [4.69, 9.17) is 4.74 Å². The second kappa shape index (κ2) is 9.23. The molecule has 2 saturated heterocycles. The number of aryl methyl sites for hydroxylation is 1. The Bertz CT molecular complexity index is 1280. The molecule has 2 aromatic heterocycles. The summed E-state index contributed by atoms with van der Waals surface area (Å²) in [5.74, 6) is 0.0100. The Kier molecular flexibility index (Phi) is 6.27. The van der Waals surface area contributed by atoms with E-state index in [-0.39, 0.29) is 37.3 Å². The predicted molar refractivity (Wildman–Crippen MR) is 126 cm³/mol. The van der Waals surface area contributed by atoms with Crippen molar-refractivity contribution in [1.29, 1.82) is 0 Å². The molecule has 3 aromatic rings. The Labute approximate surface area is 204 Å². The first-order chi connectivity index (χ1) is 16.7. The van der Waals surface area contributed by atoms with Gasteiger partial charge < -0.3 is 10.1 Å². The highest BCUT2D eigenvalue weighted by Crippen LogP contribution is 2.44. The number of aromatic nitrogens is 1. The third-order valence-corrected chi connectivity index (χ3v) is 7.54. The second-order valence-corrected chi connectivity index (χ2v) is 10.0. The molecule has 0 aliphatic carbocycles. The van der Waals surface area contributed by atoms with Crippen molar-refractivity contribution in [3.63, 3.8) is 0 Å². The first-order valence-corrected chi connectivity index (χ1v) is 12.3. The number of halogens is 3. The average molecular weight is 504 g/mol. The number of nitrogens with one attached hydrogen (secondary N) is 1. The number of fused-ring (bicyclic) bond motifs is 1. The number of imide groups is 1. The highest BCUT2D eigenvalue weighted by molar-refractivity contribution is 7.19. The summed E-state index contributed by atoms with van der Waals surface area (Å²) in [7, 11) is 0. The van der Waals surface area contributed by atoms with Gasteiger partial charge in [-0.05, 0) is 62.7 Å². The van der Waals surface area contributed by atoms with E-state index in [0.717, 1.165) is 42.9 Å². The topological polar surface area (TPSA) is 71.5 Å². The molecule has 35 heavy (non-hydrogen) atoms. The van der Waals surface area contributed by atoms with Crippen LogP contribution < -0.4 is 10.1 Å². The zero-order chi connectivity index (χ0) is 24.7. The summed E-state index contributed by atoms with van der Waals surface area (Å²) < 4.78 is 48.2. The van der Waals surface area contributed by atoms with E-state index >= 15 is 0 Å². The molecule has 0 bridgehead atoms. The summed E-state index contributed by atoms with van der Waals surface area (Å²) in [5.41, 5.74) is 1.24. The lowest BCUT2D eigenvalue weighted by atomic mass is 9.98. The number of carbonyl (C=O) groups excluding carboxylic acids is 2.